The first-order valence-corrected chi connectivity index (χ1v) is 12.1. The van der Waals surface area contributed by atoms with Crippen molar-refractivity contribution in [1.82, 2.24) is 4.31 Å². The highest BCUT2D eigenvalue weighted by atomic mass is 32.2. The average molecular weight is 431 g/mol. The van der Waals surface area contributed by atoms with Crippen molar-refractivity contribution in [3.63, 3.8) is 0 Å². The van der Waals surface area contributed by atoms with Crippen LogP contribution < -0.4 is 10.2 Å². The normalized spacial score (nSPS) is 17.4. The second-order valence-electron chi connectivity index (χ2n) is 7.83. The van der Waals surface area contributed by atoms with Gasteiger partial charge in [-0.3, -0.25) is 4.79 Å². The van der Waals surface area contributed by atoms with Crippen LogP contribution in [0.2, 0.25) is 0 Å². The Kier molecular flexibility index (Phi) is 7.28. The predicted octanol–water partition coefficient (Wildman–Crippen LogP) is 2.25. The Morgan fingerprint density at radius 3 is 2.43 bits per heavy atom. The number of carbonyl (C=O) groups excluding carboxylic acids is 1. The number of hydrogen-bond donors (Lipinski definition) is 2. The number of anilines is 1. The van der Waals surface area contributed by atoms with Gasteiger partial charge in [-0.15, -0.1) is 0 Å². The summed E-state index contributed by atoms with van der Waals surface area (Å²) in [6, 6.07) is 15.2. The van der Waals surface area contributed by atoms with Crippen molar-refractivity contribution in [2.24, 2.45) is 0 Å². The maximum atomic E-state index is 12.6. The molecule has 162 valence electrons. The van der Waals surface area contributed by atoms with E-state index in [0.29, 0.717) is 31.4 Å². The minimum absolute atomic E-state index is 0.0742. The summed E-state index contributed by atoms with van der Waals surface area (Å²) in [7, 11) is -1.43. The first-order valence-electron chi connectivity index (χ1n) is 10.7. The van der Waals surface area contributed by atoms with E-state index in [9.17, 15) is 13.2 Å². The van der Waals surface area contributed by atoms with Crippen LogP contribution in [0.1, 0.15) is 43.9 Å². The highest BCUT2D eigenvalue weighted by Gasteiger charge is 2.28. The molecule has 1 amide bonds. The second-order valence-corrected chi connectivity index (χ2v) is 9.77. The quantitative estimate of drug-likeness (QED) is 0.675. The lowest BCUT2D eigenvalue weighted by Gasteiger charge is -2.30. The van der Waals surface area contributed by atoms with Gasteiger partial charge in [-0.05, 0) is 42.7 Å². The number of likely N-dealkylation sites (N-methyl/N-ethyl adjacent to an activating group) is 1. The van der Waals surface area contributed by atoms with Crippen molar-refractivity contribution in [2.75, 3.05) is 32.0 Å². The molecule has 1 aliphatic rings. The second kappa shape index (κ2) is 9.73. The van der Waals surface area contributed by atoms with Gasteiger partial charge in [0.05, 0.1) is 11.9 Å². The zero-order chi connectivity index (χ0) is 21.7. The Hall–Kier alpha value is -2.22. The predicted molar refractivity (Wildman–Crippen MR) is 119 cm³/mol. The summed E-state index contributed by atoms with van der Waals surface area (Å²) in [5, 5.41) is 2.90. The summed E-state index contributed by atoms with van der Waals surface area (Å²) >= 11 is 0. The number of nitrogens with zero attached hydrogens (tertiary/aromatic N) is 1. The number of nitrogens with one attached hydrogen (secondary N) is 2. The molecule has 0 bridgehead atoms. The Bertz CT molecular complexity index is 969. The molecule has 1 unspecified atom stereocenters. The molecule has 0 spiro atoms. The van der Waals surface area contributed by atoms with Gasteiger partial charge >= 0.3 is 0 Å². The lowest BCUT2D eigenvalue weighted by Crippen LogP contribution is -3.10. The number of fused-ring (bicyclic) bond motifs is 1. The lowest BCUT2D eigenvalue weighted by atomic mass is 9.87. The zero-order valence-corrected chi connectivity index (χ0v) is 18.8. The zero-order valence-electron chi connectivity index (χ0n) is 18.0. The van der Waals surface area contributed by atoms with Gasteiger partial charge in [0.15, 0.2) is 6.54 Å². The summed E-state index contributed by atoms with van der Waals surface area (Å²) in [4.78, 5) is 14.0. The Morgan fingerprint density at radius 1 is 1.10 bits per heavy atom. The average Bonchev–Trinajstić information content (AvgIpc) is 2.74. The minimum atomic E-state index is -3.49. The highest BCUT2D eigenvalue weighted by molar-refractivity contribution is 7.89. The van der Waals surface area contributed by atoms with Gasteiger partial charge in [-0.25, -0.2) is 8.42 Å². The van der Waals surface area contributed by atoms with Crippen molar-refractivity contribution >= 4 is 21.6 Å². The molecule has 0 fully saturated rings. The molecule has 0 aromatic heterocycles. The fourth-order valence-electron chi connectivity index (χ4n) is 4.27. The molecule has 0 saturated heterocycles. The van der Waals surface area contributed by atoms with E-state index in [-0.39, 0.29) is 10.8 Å². The van der Waals surface area contributed by atoms with E-state index in [1.165, 1.54) is 20.3 Å². The van der Waals surface area contributed by atoms with Crippen LogP contribution in [0.3, 0.4) is 0 Å². The molecule has 2 N–H and O–H groups in total. The van der Waals surface area contributed by atoms with Crippen molar-refractivity contribution in [3.05, 3.63) is 59.7 Å². The number of benzene rings is 2. The van der Waals surface area contributed by atoms with E-state index >= 15 is 0 Å². The van der Waals surface area contributed by atoms with Gasteiger partial charge < -0.3 is 10.2 Å². The van der Waals surface area contributed by atoms with Crippen LogP contribution in [0, 0.1) is 0 Å². The van der Waals surface area contributed by atoms with Crippen molar-refractivity contribution in [1.29, 1.82) is 0 Å². The minimum Gasteiger partial charge on any atom is -0.323 e. The first kappa shape index (κ1) is 22.5. The summed E-state index contributed by atoms with van der Waals surface area (Å²) in [5.41, 5.74) is 3.34. The molecule has 2 aromatic rings. The molecular weight excluding hydrogens is 398 g/mol. The molecule has 0 saturated carbocycles. The van der Waals surface area contributed by atoms with Crippen LogP contribution in [0.15, 0.2) is 53.4 Å². The fraction of sp³-hybridized carbons (Fsp3) is 0.435. The Balaban J connectivity index is 1.63. The molecule has 7 heteroatoms. The van der Waals surface area contributed by atoms with Crippen LogP contribution in [0.5, 0.6) is 0 Å². The van der Waals surface area contributed by atoms with Crippen molar-refractivity contribution in [2.45, 2.75) is 44.0 Å². The third kappa shape index (κ3) is 4.91. The molecule has 0 radical (unpaired) electrons. The summed E-state index contributed by atoms with van der Waals surface area (Å²) in [5.74, 6) is -0.0742. The number of amides is 1. The third-order valence-corrected chi connectivity index (χ3v) is 7.95. The summed E-state index contributed by atoms with van der Waals surface area (Å²) in [6.07, 6.45) is 3.33. The highest BCUT2D eigenvalue weighted by Crippen LogP contribution is 2.27. The molecule has 2 atom stereocenters. The van der Waals surface area contributed by atoms with Crippen molar-refractivity contribution < 1.29 is 18.1 Å². The van der Waals surface area contributed by atoms with Gasteiger partial charge in [0.1, 0.15) is 6.04 Å². The topological polar surface area (TPSA) is 70.9 Å². The largest absolute Gasteiger partial charge is 0.323 e. The SMILES string of the molecule is CCN(CC)S(=O)(=O)c1ccc(NC(=O)C[NH+](C)[C@@H]2CCCc3ccccc32)cc1. The lowest BCUT2D eigenvalue weighted by molar-refractivity contribution is -0.905. The number of rotatable bonds is 8. The standard InChI is InChI=1S/C23H31N3O3S/c1-4-26(5-2)30(28,29)20-15-13-19(14-16-20)24-23(27)17-25(3)22-12-8-10-18-9-6-7-11-21(18)22/h6-7,9,11,13-16,22H,4-5,8,10,12,17H2,1-3H3,(H,24,27)/p+1/t22-/m1/s1. The fourth-order valence-corrected chi connectivity index (χ4v) is 5.73. The maximum Gasteiger partial charge on any atom is 0.279 e. The van der Waals surface area contributed by atoms with E-state index in [1.807, 2.05) is 13.8 Å². The van der Waals surface area contributed by atoms with Gasteiger partial charge in [-0.1, -0.05) is 38.1 Å². The van der Waals surface area contributed by atoms with Crippen LogP contribution in [0.4, 0.5) is 5.69 Å². The van der Waals surface area contributed by atoms with Crippen LogP contribution >= 0.6 is 0 Å². The molecule has 1 aliphatic carbocycles. The van der Waals surface area contributed by atoms with Gasteiger partial charge in [0.25, 0.3) is 5.91 Å². The van der Waals surface area contributed by atoms with E-state index in [2.05, 4.69) is 36.6 Å². The molecule has 3 rings (SSSR count). The van der Waals surface area contributed by atoms with Gasteiger partial charge in [0, 0.05) is 30.8 Å². The first-order chi connectivity index (χ1) is 14.4. The molecule has 30 heavy (non-hydrogen) atoms. The third-order valence-electron chi connectivity index (χ3n) is 5.88. The van der Waals surface area contributed by atoms with E-state index < -0.39 is 10.0 Å². The number of sulfonamides is 1. The van der Waals surface area contributed by atoms with Crippen LogP contribution in [-0.2, 0) is 21.2 Å². The van der Waals surface area contributed by atoms with E-state index in [1.54, 1.807) is 24.3 Å². The summed E-state index contributed by atoms with van der Waals surface area (Å²) < 4.78 is 26.6. The smallest absolute Gasteiger partial charge is 0.279 e. The van der Waals surface area contributed by atoms with Gasteiger partial charge in [0.2, 0.25) is 10.0 Å². The maximum absolute atomic E-state index is 12.6. The van der Waals surface area contributed by atoms with Gasteiger partial charge in [-0.2, -0.15) is 4.31 Å². The van der Waals surface area contributed by atoms with Crippen LogP contribution in [0.25, 0.3) is 0 Å². The van der Waals surface area contributed by atoms with E-state index in [0.717, 1.165) is 19.3 Å². The van der Waals surface area contributed by atoms with Crippen molar-refractivity contribution in [3.8, 4) is 0 Å². The molecule has 0 aliphatic heterocycles. The number of aryl methyl sites for hydroxylation is 1. The summed E-state index contributed by atoms with van der Waals surface area (Å²) in [6.45, 7) is 4.85. The Morgan fingerprint density at radius 2 is 1.77 bits per heavy atom. The number of quaternary nitrogens is 1. The molecular formula is C23H32N3O3S+. The molecule has 6 nitrogen and oxygen atoms in total. The molecule has 2 aromatic carbocycles. The molecule has 0 heterocycles. The number of carbonyl (C=O) groups is 1. The monoisotopic (exact) mass is 430 g/mol. The Labute approximate surface area is 179 Å². The van der Waals surface area contributed by atoms with E-state index in [4.69, 9.17) is 0 Å². The number of hydrogen-bond acceptors (Lipinski definition) is 3. The van der Waals surface area contributed by atoms with Crippen LogP contribution in [-0.4, -0.2) is 45.3 Å².